The van der Waals surface area contributed by atoms with Crippen molar-refractivity contribution in [3.63, 3.8) is 0 Å². The van der Waals surface area contributed by atoms with E-state index in [1.54, 1.807) is 6.20 Å². The molecule has 0 spiro atoms. The zero-order valence-electron chi connectivity index (χ0n) is 11.2. The Hall–Kier alpha value is -1.30. The minimum absolute atomic E-state index is 0.139. The van der Waals surface area contributed by atoms with Gasteiger partial charge in [-0.2, -0.15) is 0 Å². The van der Waals surface area contributed by atoms with Crippen molar-refractivity contribution in [2.24, 2.45) is 5.84 Å². The molecule has 1 heterocycles. The number of rotatable bonds is 5. The molecule has 1 aromatic carbocycles. The lowest BCUT2D eigenvalue weighted by atomic mass is 9.99. The van der Waals surface area contributed by atoms with Crippen LogP contribution in [0.4, 0.5) is 4.39 Å². The molecule has 0 aliphatic rings. The molecule has 106 valence electrons. The maximum absolute atomic E-state index is 13.4. The highest BCUT2D eigenvalue weighted by molar-refractivity contribution is 9.10. The molecule has 0 radical (unpaired) electrons. The second kappa shape index (κ2) is 6.92. The lowest BCUT2D eigenvalue weighted by molar-refractivity contribution is 0.531. The van der Waals surface area contributed by atoms with Gasteiger partial charge in [0.05, 0.1) is 11.7 Å². The van der Waals surface area contributed by atoms with Crippen molar-refractivity contribution in [1.29, 1.82) is 0 Å². The quantitative estimate of drug-likeness (QED) is 0.650. The number of nitrogens with zero attached hydrogens (tertiary/aromatic N) is 1. The van der Waals surface area contributed by atoms with Gasteiger partial charge in [-0.3, -0.25) is 16.3 Å². The smallest absolute Gasteiger partial charge is 0.124 e. The second-order valence-electron chi connectivity index (χ2n) is 4.60. The van der Waals surface area contributed by atoms with Crippen molar-refractivity contribution < 1.29 is 4.39 Å². The molecular formula is C15H17BrFN3. The molecular weight excluding hydrogens is 321 g/mol. The van der Waals surface area contributed by atoms with Crippen LogP contribution in [0.15, 0.2) is 41.0 Å². The molecule has 3 N–H and O–H groups in total. The van der Waals surface area contributed by atoms with E-state index in [0.717, 1.165) is 27.7 Å². The zero-order chi connectivity index (χ0) is 14.5. The fourth-order valence-electron chi connectivity index (χ4n) is 2.26. The van der Waals surface area contributed by atoms with Gasteiger partial charge in [-0.05, 0) is 48.2 Å². The monoisotopic (exact) mass is 337 g/mol. The number of aryl methyl sites for hydroxylation is 1. The van der Waals surface area contributed by atoms with Crippen LogP contribution in [-0.4, -0.2) is 4.98 Å². The number of nitrogens with two attached hydrogens (primary N) is 1. The predicted molar refractivity (Wildman–Crippen MR) is 81.5 cm³/mol. The van der Waals surface area contributed by atoms with Gasteiger partial charge in [-0.1, -0.05) is 28.9 Å². The molecule has 0 saturated carbocycles. The summed E-state index contributed by atoms with van der Waals surface area (Å²) in [6, 6.07) is 8.65. The first kappa shape index (κ1) is 15.1. The maximum atomic E-state index is 13.4. The third-order valence-corrected chi connectivity index (χ3v) is 3.66. The van der Waals surface area contributed by atoms with Gasteiger partial charge in [0.2, 0.25) is 0 Å². The molecule has 1 aromatic heterocycles. The number of hydrazine groups is 1. The molecule has 2 rings (SSSR count). The summed E-state index contributed by atoms with van der Waals surface area (Å²) in [6.45, 7) is 2.08. The van der Waals surface area contributed by atoms with Crippen LogP contribution in [0.1, 0.15) is 29.8 Å². The van der Waals surface area contributed by atoms with E-state index in [0.29, 0.717) is 6.42 Å². The Morgan fingerprint density at radius 1 is 1.40 bits per heavy atom. The molecule has 0 aliphatic carbocycles. The van der Waals surface area contributed by atoms with Gasteiger partial charge in [0.15, 0.2) is 0 Å². The molecule has 5 heteroatoms. The van der Waals surface area contributed by atoms with Crippen molar-refractivity contribution in [3.05, 3.63) is 63.6 Å². The average molecular weight is 338 g/mol. The maximum Gasteiger partial charge on any atom is 0.124 e. The first-order valence-corrected chi connectivity index (χ1v) is 7.28. The fourth-order valence-corrected chi connectivity index (χ4v) is 2.78. The van der Waals surface area contributed by atoms with Crippen LogP contribution in [0.25, 0.3) is 0 Å². The van der Waals surface area contributed by atoms with Crippen LogP contribution in [-0.2, 0) is 12.8 Å². The van der Waals surface area contributed by atoms with Gasteiger partial charge in [-0.15, -0.1) is 0 Å². The highest BCUT2D eigenvalue weighted by atomic mass is 79.9. The van der Waals surface area contributed by atoms with Gasteiger partial charge in [0.25, 0.3) is 0 Å². The van der Waals surface area contributed by atoms with Crippen molar-refractivity contribution in [3.8, 4) is 0 Å². The molecule has 0 fully saturated rings. The predicted octanol–water partition coefficient (Wildman–Crippen LogP) is 3.29. The number of hydrogen-bond donors (Lipinski definition) is 2. The van der Waals surface area contributed by atoms with Crippen molar-refractivity contribution in [1.82, 2.24) is 10.4 Å². The molecule has 0 aliphatic heterocycles. The number of nitrogens with one attached hydrogen (secondary N) is 1. The minimum atomic E-state index is -0.262. The number of hydrogen-bond acceptors (Lipinski definition) is 3. The SMILES string of the molecule is CCc1cccnc1C(Cc1cc(F)cc(Br)c1)NN. The summed E-state index contributed by atoms with van der Waals surface area (Å²) >= 11 is 3.30. The van der Waals surface area contributed by atoms with Crippen LogP contribution in [0, 0.1) is 5.82 Å². The van der Waals surface area contributed by atoms with Gasteiger partial charge in [0, 0.05) is 10.7 Å². The zero-order valence-corrected chi connectivity index (χ0v) is 12.8. The second-order valence-corrected chi connectivity index (χ2v) is 5.52. The van der Waals surface area contributed by atoms with Gasteiger partial charge < -0.3 is 0 Å². The van der Waals surface area contributed by atoms with Crippen LogP contribution in [0.2, 0.25) is 0 Å². The first-order valence-electron chi connectivity index (χ1n) is 6.49. The van der Waals surface area contributed by atoms with Crippen molar-refractivity contribution in [2.45, 2.75) is 25.8 Å². The molecule has 1 atom stereocenters. The third-order valence-electron chi connectivity index (χ3n) is 3.20. The summed E-state index contributed by atoms with van der Waals surface area (Å²) in [7, 11) is 0. The molecule has 20 heavy (non-hydrogen) atoms. The van der Waals surface area contributed by atoms with Gasteiger partial charge in [-0.25, -0.2) is 4.39 Å². The van der Waals surface area contributed by atoms with Gasteiger partial charge in [0.1, 0.15) is 5.82 Å². The number of pyridine rings is 1. The number of halogens is 2. The lowest BCUT2D eigenvalue weighted by Gasteiger charge is -2.18. The fraction of sp³-hybridized carbons (Fsp3) is 0.267. The first-order chi connectivity index (χ1) is 9.63. The highest BCUT2D eigenvalue weighted by Gasteiger charge is 2.16. The number of benzene rings is 1. The number of aromatic nitrogens is 1. The largest absolute Gasteiger partial charge is 0.271 e. The van der Waals surface area contributed by atoms with E-state index in [-0.39, 0.29) is 11.9 Å². The highest BCUT2D eigenvalue weighted by Crippen LogP contribution is 2.22. The van der Waals surface area contributed by atoms with E-state index in [1.165, 1.54) is 12.1 Å². The molecule has 0 bridgehead atoms. The Labute approximate surface area is 126 Å². The van der Waals surface area contributed by atoms with Crippen molar-refractivity contribution >= 4 is 15.9 Å². The van der Waals surface area contributed by atoms with Crippen LogP contribution >= 0.6 is 15.9 Å². The Bertz CT molecular complexity index is 569. The molecule has 0 amide bonds. The standard InChI is InChI=1S/C15H17BrFN3/c1-2-11-4-3-5-19-15(11)14(20-18)8-10-6-12(16)9-13(17)7-10/h3-7,9,14,20H,2,8,18H2,1H3. The van der Waals surface area contributed by atoms with Crippen molar-refractivity contribution in [2.75, 3.05) is 0 Å². The Balaban J connectivity index is 2.28. The van der Waals surface area contributed by atoms with Crippen LogP contribution < -0.4 is 11.3 Å². The summed E-state index contributed by atoms with van der Waals surface area (Å²) in [5.74, 6) is 5.39. The summed E-state index contributed by atoms with van der Waals surface area (Å²) in [5, 5.41) is 0. The van der Waals surface area contributed by atoms with E-state index in [2.05, 4.69) is 33.3 Å². The molecule has 3 nitrogen and oxygen atoms in total. The van der Waals surface area contributed by atoms with E-state index in [1.807, 2.05) is 18.2 Å². The average Bonchev–Trinajstić information content (AvgIpc) is 2.43. The van der Waals surface area contributed by atoms with Crippen LogP contribution in [0.3, 0.4) is 0 Å². The Morgan fingerprint density at radius 2 is 2.20 bits per heavy atom. The lowest BCUT2D eigenvalue weighted by Crippen LogP contribution is -2.31. The minimum Gasteiger partial charge on any atom is -0.271 e. The summed E-state index contributed by atoms with van der Waals surface area (Å²) in [5.41, 5.74) is 5.71. The van der Waals surface area contributed by atoms with Gasteiger partial charge >= 0.3 is 0 Å². The summed E-state index contributed by atoms with van der Waals surface area (Å²) in [6.07, 6.45) is 3.21. The van der Waals surface area contributed by atoms with Crippen LogP contribution in [0.5, 0.6) is 0 Å². The molecule has 0 saturated heterocycles. The molecule has 1 unspecified atom stereocenters. The van der Waals surface area contributed by atoms with E-state index >= 15 is 0 Å². The Morgan fingerprint density at radius 3 is 2.85 bits per heavy atom. The topological polar surface area (TPSA) is 50.9 Å². The Kier molecular flexibility index (Phi) is 5.23. The molecule has 2 aromatic rings. The van der Waals surface area contributed by atoms with E-state index < -0.39 is 0 Å². The summed E-state index contributed by atoms with van der Waals surface area (Å²) < 4.78 is 14.2. The normalized spacial score (nSPS) is 12.4. The summed E-state index contributed by atoms with van der Waals surface area (Å²) in [4.78, 5) is 4.41. The van der Waals surface area contributed by atoms with E-state index in [9.17, 15) is 4.39 Å². The van der Waals surface area contributed by atoms with E-state index in [4.69, 9.17) is 5.84 Å². The third kappa shape index (κ3) is 3.62.